The molecule has 0 aliphatic heterocycles. The molecule has 0 aromatic heterocycles. The number of hydrogen-bond donors (Lipinski definition) is 1. The van der Waals surface area contributed by atoms with E-state index in [0.717, 1.165) is 70.0 Å². The van der Waals surface area contributed by atoms with Crippen LogP contribution in [0.3, 0.4) is 0 Å². The number of carbonyl (C=O) groups is 1. The molecule has 2 nitrogen and oxygen atoms in total. The van der Waals surface area contributed by atoms with E-state index in [0.29, 0.717) is 22.7 Å². The van der Waals surface area contributed by atoms with Crippen molar-refractivity contribution in [3.8, 4) is 0 Å². The molecule has 17 atom stereocenters. The lowest BCUT2D eigenvalue weighted by Crippen LogP contribution is -2.77. The Kier molecular flexibility index (Phi) is 0.946. The van der Waals surface area contributed by atoms with Gasteiger partial charge in [0.05, 0.1) is 5.92 Å². The largest absolute Gasteiger partial charge is 0.481 e. The van der Waals surface area contributed by atoms with Gasteiger partial charge in [-0.25, -0.2) is 0 Å². The quantitative estimate of drug-likeness (QED) is 0.807. The number of rotatable bonds is 1. The van der Waals surface area contributed by atoms with Gasteiger partial charge >= 0.3 is 5.97 Å². The minimum absolute atomic E-state index is 0.106. The van der Waals surface area contributed by atoms with E-state index in [2.05, 4.69) is 0 Å². The summed E-state index contributed by atoms with van der Waals surface area (Å²) in [5.74, 6) is 11.2. The molecule has 0 radical (unpaired) electrons. The fourth-order valence-corrected chi connectivity index (χ4v) is 17.4. The maximum absolute atomic E-state index is 12.5. The van der Waals surface area contributed by atoms with Crippen molar-refractivity contribution in [2.45, 2.75) is 25.7 Å². The summed E-state index contributed by atoms with van der Waals surface area (Å²) in [6, 6.07) is 0. The summed E-state index contributed by atoms with van der Waals surface area (Å²) in [5.41, 5.74) is 2.68. The summed E-state index contributed by atoms with van der Waals surface area (Å²) < 4.78 is 0. The second-order valence-electron chi connectivity index (χ2n) is 12.4. The normalized spacial score (nSPS) is 95.4. The minimum Gasteiger partial charge on any atom is -0.481 e. The molecule has 122 valence electrons. The first-order chi connectivity index (χ1) is 11.7. The molecule has 0 saturated heterocycles. The summed E-state index contributed by atoms with van der Waals surface area (Å²) in [5, 5.41) is 10.3. The predicted molar refractivity (Wildman–Crippen MR) is 81.2 cm³/mol. The van der Waals surface area contributed by atoms with Crippen molar-refractivity contribution in [2.75, 3.05) is 0 Å². The van der Waals surface area contributed by atoms with Gasteiger partial charge in [-0.2, -0.15) is 0 Å². The Bertz CT molecular complexity index is 846. The monoisotopic (exact) mass is 318 g/mol. The number of carboxylic acids is 1. The summed E-state index contributed by atoms with van der Waals surface area (Å²) >= 11 is 0. The molecule has 24 heavy (non-hydrogen) atoms. The SMILES string of the molecule is O=C(O)C1[C@@H]2[C@H]3[C@H]4[C@H]5CC[C@@H]3[C@@]36[C@@H]7C[C@H]8[C@@H]9[C@@H]7[C@@H]7C[C@H]9[C@]([C@@H]14)([C@@]583)[C@@]276. The Morgan fingerprint density at radius 3 is 1.58 bits per heavy atom. The van der Waals surface area contributed by atoms with Crippen LogP contribution in [-0.2, 0) is 4.79 Å². The zero-order chi connectivity index (χ0) is 14.9. The highest BCUT2D eigenvalue weighted by Gasteiger charge is 3.19. The molecule has 1 N–H and O–H groups in total. The van der Waals surface area contributed by atoms with E-state index in [9.17, 15) is 9.90 Å². The van der Waals surface area contributed by atoms with E-state index >= 15 is 0 Å². The van der Waals surface area contributed by atoms with Crippen LogP contribution in [0.1, 0.15) is 25.7 Å². The van der Waals surface area contributed by atoms with Crippen LogP contribution in [0.5, 0.6) is 0 Å². The van der Waals surface area contributed by atoms with Gasteiger partial charge in [-0.1, -0.05) is 0 Å². The van der Waals surface area contributed by atoms with Crippen LogP contribution >= 0.6 is 0 Å². The third-order valence-corrected chi connectivity index (χ3v) is 14.7. The molecule has 8 bridgehead atoms. The Balaban J connectivity index is 1.46. The summed E-state index contributed by atoms with van der Waals surface area (Å²) in [7, 11) is 0. The molecule has 13 saturated carbocycles. The summed E-state index contributed by atoms with van der Waals surface area (Å²) in [4.78, 5) is 12.5. The first-order valence-corrected chi connectivity index (χ1v) is 11.0. The molecule has 4 spiro atoms. The minimum atomic E-state index is -0.358. The van der Waals surface area contributed by atoms with Crippen molar-refractivity contribution in [3.05, 3.63) is 0 Å². The second-order valence-corrected chi connectivity index (χ2v) is 12.4. The zero-order valence-electron chi connectivity index (χ0n) is 13.7. The van der Waals surface area contributed by atoms with Crippen molar-refractivity contribution >= 4 is 5.97 Å². The van der Waals surface area contributed by atoms with E-state index in [1.165, 1.54) is 12.8 Å². The van der Waals surface area contributed by atoms with Crippen LogP contribution in [0.25, 0.3) is 0 Å². The molecule has 13 fully saturated rings. The number of carboxylic acid groups (broad SMARTS) is 1. The van der Waals surface area contributed by atoms with Gasteiger partial charge in [0.25, 0.3) is 0 Å². The van der Waals surface area contributed by atoms with Gasteiger partial charge in [0.15, 0.2) is 0 Å². The van der Waals surface area contributed by atoms with Crippen LogP contribution in [0.4, 0.5) is 0 Å². The van der Waals surface area contributed by atoms with E-state index in [-0.39, 0.29) is 11.9 Å². The smallest absolute Gasteiger partial charge is 0.307 e. The van der Waals surface area contributed by atoms with Crippen LogP contribution in [0.2, 0.25) is 0 Å². The van der Waals surface area contributed by atoms with Gasteiger partial charge in [-0.15, -0.1) is 0 Å². The number of fused-ring (bicyclic) bond motifs is 1. The Labute approximate surface area is 140 Å². The molecular formula is C22H22O2. The lowest BCUT2D eigenvalue weighted by molar-refractivity contribution is -0.339. The highest BCUT2D eigenvalue weighted by molar-refractivity contribution is 5.78. The van der Waals surface area contributed by atoms with E-state index in [1.807, 2.05) is 0 Å². The van der Waals surface area contributed by atoms with Gasteiger partial charge in [0.2, 0.25) is 0 Å². The molecule has 0 amide bonds. The van der Waals surface area contributed by atoms with Crippen molar-refractivity contribution in [3.63, 3.8) is 0 Å². The Hall–Kier alpha value is -0.530. The number of aliphatic carboxylic acids is 1. The zero-order valence-corrected chi connectivity index (χ0v) is 13.7. The highest BCUT2D eigenvalue weighted by Crippen LogP contribution is 3.22. The molecule has 0 aromatic carbocycles. The molecule has 13 aliphatic rings. The fourth-order valence-electron chi connectivity index (χ4n) is 17.4. The topological polar surface area (TPSA) is 37.3 Å². The van der Waals surface area contributed by atoms with Crippen molar-refractivity contribution in [1.82, 2.24) is 0 Å². The van der Waals surface area contributed by atoms with Gasteiger partial charge in [-0.05, 0) is 118 Å². The molecule has 0 heterocycles. The maximum atomic E-state index is 12.5. The molecule has 13 rings (SSSR count). The fraction of sp³-hybridized carbons (Fsp3) is 0.955. The molecule has 0 aromatic rings. The lowest BCUT2D eigenvalue weighted by atomic mass is 9.24. The van der Waals surface area contributed by atoms with Crippen LogP contribution in [-0.4, -0.2) is 11.1 Å². The average molecular weight is 318 g/mol. The van der Waals surface area contributed by atoms with Crippen LogP contribution in [0, 0.1) is 98.6 Å². The molecule has 1 unspecified atom stereocenters. The predicted octanol–water partition coefficient (Wildman–Crippen LogP) is 2.74. The maximum Gasteiger partial charge on any atom is 0.307 e. The molecular weight excluding hydrogens is 296 g/mol. The third-order valence-electron chi connectivity index (χ3n) is 14.7. The van der Waals surface area contributed by atoms with Crippen molar-refractivity contribution < 1.29 is 9.90 Å². The molecule has 13 aliphatic carbocycles. The van der Waals surface area contributed by atoms with Gasteiger partial charge in [-0.3, -0.25) is 4.79 Å². The Morgan fingerprint density at radius 1 is 0.667 bits per heavy atom. The van der Waals surface area contributed by atoms with Gasteiger partial charge in [0.1, 0.15) is 0 Å². The standard InChI is InChI=1S/C22H22O2/c23-18(24)15-16-13-5-1-2-6-14(13)17(15)22-10-4-9-11-7-3-8(12(10)11)20(6,22)19(5,7)21(9,16)22/h5-17H,1-4H2,(H,23,24)/t5-,6+,7+,8-,9-,10+,11-,12-,13+,14+,15?,16-,17+,19+,20-,21+,22-/m0/s1. The molecule has 2 heteroatoms. The highest BCUT2D eigenvalue weighted by atomic mass is 16.4. The van der Waals surface area contributed by atoms with E-state index in [4.69, 9.17) is 0 Å². The van der Waals surface area contributed by atoms with Crippen LogP contribution in [0.15, 0.2) is 0 Å². The first-order valence-electron chi connectivity index (χ1n) is 11.0. The average Bonchev–Trinajstić information content (AvgIpc) is 3.29. The first kappa shape index (κ1) is 10.6. The number of hydrogen-bond acceptors (Lipinski definition) is 1. The van der Waals surface area contributed by atoms with Crippen molar-refractivity contribution in [2.24, 2.45) is 98.6 Å². The lowest BCUT2D eigenvalue weighted by Gasteiger charge is -2.79. The van der Waals surface area contributed by atoms with E-state index in [1.54, 1.807) is 12.8 Å². The Morgan fingerprint density at radius 2 is 1.12 bits per heavy atom. The summed E-state index contributed by atoms with van der Waals surface area (Å²) in [6.07, 6.45) is 6.22. The van der Waals surface area contributed by atoms with Gasteiger partial charge < -0.3 is 5.11 Å². The third kappa shape index (κ3) is 0.408. The van der Waals surface area contributed by atoms with E-state index < -0.39 is 0 Å². The van der Waals surface area contributed by atoms with Gasteiger partial charge in [0, 0.05) is 0 Å². The van der Waals surface area contributed by atoms with Crippen LogP contribution < -0.4 is 0 Å². The second kappa shape index (κ2) is 2.15. The van der Waals surface area contributed by atoms with Crippen molar-refractivity contribution in [1.29, 1.82) is 0 Å². The summed E-state index contributed by atoms with van der Waals surface area (Å²) in [6.45, 7) is 0.